The van der Waals surface area contributed by atoms with Crippen LogP contribution >= 0.6 is 0 Å². The molecule has 0 spiro atoms. The van der Waals surface area contributed by atoms with Gasteiger partial charge in [-0.1, -0.05) is 47.6 Å². The Hall–Kier alpha value is -2.17. The van der Waals surface area contributed by atoms with Crippen LogP contribution in [-0.2, 0) is 17.0 Å². The van der Waals surface area contributed by atoms with Crippen molar-refractivity contribution in [2.24, 2.45) is 0 Å². The Kier molecular flexibility index (Phi) is 5.06. The minimum absolute atomic E-state index is 0.116. The molecule has 0 saturated carbocycles. The van der Waals surface area contributed by atoms with E-state index in [4.69, 9.17) is 0 Å². The van der Waals surface area contributed by atoms with E-state index in [1.807, 2.05) is 32.9 Å². The van der Waals surface area contributed by atoms with E-state index in [9.17, 15) is 18.3 Å². The van der Waals surface area contributed by atoms with Crippen LogP contribution in [0.5, 0.6) is 5.75 Å². The molecule has 0 aliphatic heterocycles. The zero-order valence-electron chi connectivity index (χ0n) is 16.0. The Morgan fingerprint density at radius 3 is 1.73 bits per heavy atom. The topological polar surface area (TPSA) is 32.3 Å². The summed E-state index contributed by atoms with van der Waals surface area (Å²) in [5, 5.41) is 13.8. The molecule has 0 aromatic heterocycles. The fraction of sp³-hybridized carbons (Fsp3) is 0.429. The summed E-state index contributed by atoms with van der Waals surface area (Å²) in [5.41, 5.74) is 1.69. The number of rotatable bonds is 2. The first-order valence-corrected chi connectivity index (χ1v) is 8.52. The number of anilines is 2. The monoisotopic (exact) mass is 365 g/mol. The third-order valence-corrected chi connectivity index (χ3v) is 4.28. The molecule has 0 fully saturated rings. The van der Waals surface area contributed by atoms with Crippen molar-refractivity contribution >= 4 is 11.4 Å². The summed E-state index contributed by atoms with van der Waals surface area (Å²) in [7, 11) is 0. The number of phenolic OH excluding ortho intramolecular Hbond substituents is 1. The number of benzene rings is 2. The predicted molar refractivity (Wildman–Crippen MR) is 100 cm³/mol. The maximum absolute atomic E-state index is 12.7. The van der Waals surface area contributed by atoms with Crippen LogP contribution in [0.2, 0.25) is 0 Å². The molecule has 142 valence electrons. The van der Waals surface area contributed by atoms with Gasteiger partial charge in [0.1, 0.15) is 5.75 Å². The lowest BCUT2D eigenvalue weighted by Crippen LogP contribution is -2.17. The van der Waals surface area contributed by atoms with Gasteiger partial charge in [-0.2, -0.15) is 13.2 Å². The minimum atomic E-state index is -4.37. The predicted octanol–water partition coefficient (Wildman–Crippen LogP) is 6.75. The van der Waals surface area contributed by atoms with Crippen LogP contribution < -0.4 is 5.32 Å². The lowest BCUT2D eigenvalue weighted by atomic mass is 9.79. The normalized spacial score (nSPS) is 13.0. The summed E-state index contributed by atoms with van der Waals surface area (Å²) < 4.78 is 38.2. The van der Waals surface area contributed by atoms with Crippen LogP contribution in [0, 0.1) is 0 Å². The molecule has 2 aromatic rings. The van der Waals surface area contributed by atoms with Gasteiger partial charge in [0.2, 0.25) is 0 Å². The van der Waals surface area contributed by atoms with Crippen molar-refractivity contribution in [1.29, 1.82) is 0 Å². The SMILES string of the molecule is CC(C)(C)c1cc(Nc2ccc(C(F)(F)F)cc2)c(O)c(C(C)(C)C)c1. The smallest absolute Gasteiger partial charge is 0.416 e. The van der Waals surface area contributed by atoms with E-state index in [0.717, 1.165) is 23.3 Å². The second-order valence-corrected chi connectivity index (χ2v) is 8.62. The third-order valence-electron chi connectivity index (χ3n) is 4.28. The molecule has 2 nitrogen and oxygen atoms in total. The van der Waals surface area contributed by atoms with Gasteiger partial charge in [0, 0.05) is 11.3 Å². The number of halogens is 3. The first kappa shape index (κ1) is 20.1. The first-order valence-electron chi connectivity index (χ1n) is 8.52. The van der Waals surface area contributed by atoms with Crippen molar-refractivity contribution in [3.05, 3.63) is 53.1 Å². The number of alkyl halides is 3. The lowest BCUT2D eigenvalue weighted by molar-refractivity contribution is -0.137. The highest BCUT2D eigenvalue weighted by Gasteiger charge is 2.30. The fourth-order valence-electron chi connectivity index (χ4n) is 2.63. The van der Waals surface area contributed by atoms with Crippen molar-refractivity contribution < 1.29 is 18.3 Å². The van der Waals surface area contributed by atoms with Crippen LogP contribution in [0.25, 0.3) is 0 Å². The Bertz CT molecular complexity index is 779. The number of hydrogen-bond donors (Lipinski definition) is 2. The largest absolute Gasteiger partial charge is 0.505 e. The molecule has 0 radical (unpaired) electrons. The molecule has 5 heteroatoms. The van der Waals surface area contributed by atoms with E-state index >= 15 is 0 Å². The summed E-state index contributed by atoms with van der Waals surface area (Å²) in [5.74, 6) is 0.116. The molecular formula is C21H26F3NO. The molecular weight excluding hydrogens is 339 g/mol. The van der Waals surface area contributed by atoms with E-state index in [2.05, 4.69) is 26.1 Å². The van der Waals surface area contributed by atoms with E-state index in [1.54, 1.807) is 0 Å². The van der Waals surface area contributed by atoms with Gasteiger partial charge in [0.25, 0.3) is 0 Å². The highest BCUT2D eigenvalue weighted by atomic mass is 19.4. The highest BCUT2D eigenvalue weighted by molar-refractivity contribution is 5.70. The molecule has 0 bridgehead atoms. The summed E-state index contributed by atoms with van der Waals surface area (Å²) >= 11 is 0. The van der Waals surface area contributed by atoms with Crippen LogP contribution in [0.4, 0.5) is 24.5 Å². The van der Waals surface area contributed by atoms with Gasteiger partial charge < -0.3 is 10.4 Å². The van der Waals surface area contributed by atoms with Gasteiger partial charge in [-0.25, -0.2) is 0 Å². The number of hydrogen-bond acceptors (Lipinski definition) is 2. The summed E-state index contributed by atoms with van der Waals surface area (Å²) in [6.45, 7) is 12.3. The van der Waals surface area contributed by atoms with Crippen molar-refractivity contribution in [2.45, 2.75) is 58.5 Å². The van der Waals surface area contributed by atoms with Gasteiger partial charge in [-0.05, 0) is 46.7 Å². The van der Waals surface area contributed by atoms with E-state index in [-0.39, 0.29) is 16.6 Å². The van der Waals surface area contributed by atoms with E-state index in [1.165, 1.54) is 12.1 Å². The third kappa shape index (κ3) is 4.51. The first-order chi connectivity index (χ1) is 11.7. The number of nitrogens with one attached hydrogen (secondary N) is 1. The van der Waals surface area contributed by atoms with Crippen LogP contribution in [-0.4, -0.2) is 5.11 Å². The molecule has 0 atom stereocenters. The lowest BCUT2D eigenvalue weighted by Gasteiger charge is -2.27. The van der Waals surface area contributed by atoms with Crippen molar-refractivity contribution in [3.63, 3.8) is 0 Å². The quantitative estimate of drug-likeness (QED) is 0.577. The maximum atomic E-state index is 12.7. The fourth-order valence-corrected chi connectivity index (χ4v) is 2.63. The molecule has 2 aromatic carbocycles. The zero-order valence-corrected chi connectivity index (χ0v) is 16.0. The standard InChI is InChI=1S/C21H26F3NO/c1-19(2,3)14-11-16(20(4,5)6)18(26)17(12-14)25-15-9-7-13(8-10-15)21(22,23)24/h7-12,25-26H,1-6H3. The maximum Gasteiger partial charge on any atom is 0.416 e. The average molecular weight is 365 g/mol. The molecule has 0 amide bonds. The Morgan fingerprint density at radius 1 is 0.769 bits per heavy atom. The van der Waals surface area contributed by atoms with Gasteiger partial charge in [-0.3, -0.25) is 0 Å². The number of phenols is 1. The van der Waals surface area contributed by atoms with Gasteiger partial charge in [0.05, 0.1) is 11.3 Å². The van der Waals surface area contributed by atoms with Gasteiger partial charge in [-0.15, -0.1) is 0 Å². The van der Waals surface area contributed by atoms with E-state index in [0.29, 0.717) is 11.4 Å². The van der Waals surface area contributed by atoms with Crippen LogP contribution in [0.15, 0.2) is 36.4 Å². The molecule has 0 aliphatic rings. The Labute approximate surface area is 153 Å². The highest BCUT2D eigenvalue weighted by Crippen LogP contribution is 2.41. The number of aromatic hydroxyl groups is 1. The second kappa shape index (κ2) is 6.53. The van der Waals surface area contributed by atoms with Crippen molar-refractivity contribution in [2.75, 3.05) is 5.32 Å². The zero-order chi connectivity index (χ0) is 19.9. The molecule has 0 unspecified atom stereocenters. The summed E-state index contributed by atoms with van der Waals surface area (Å²) in [6.07, 6.45) is -4.37. The van der Waals surface area contributed by atoms with Crippen molar-refractivity contribution in [1.82, 2.24) is 0 Å². The van der Waals surface area contributed by atoms with Crippen molar-refractivity contribution in [3.8, 4) is 5.75 Å². The average Bonchev–Trinajstić information content (AvgIpc) is 2.46. The minimum Gasteiger partial charge on any atom is -0.505 e. The van der Waals surface area contributed by atoms with Gasteiger partial charge in [0.15, 0.2) is 0 Å². The summed E-state index contributed by atoms with van der Waals surface area (Å²) in [6, 6.07) is 8.62. The summed E-state index contributed by atoms with van der Waals surface area (Å²) in [4.78, 5) is 0. The molecule has 0 aliphatic carbocycles. The Balaban J connectivity index is 2.48. The molecule has 26 heavy (non-hydrogen) atoms. The Morgan fingerprint density at radius 2 is 1.31 bits per heavy atom. The molecule has 2 rings (SSSR count). The molecule has 0 saturated heterocycles. The van der Waals surface area contributed by atoms with Gasteiger partial charge >= 0.3 is 6.18 Å². The van der Waals surface area contributed by atoms with Crippen LogP contribution in [0.1, 0.15) is 58.2 Å². The van der Waals surface area contributed by atoms with Crippen LogP contribution in [0.3, 0.4) is 0 Å². The molecule has 2 N–H and O–H groups in total. The second-order valence-electron chi connectivity index (χ2n) is 8.62. The molecule has 0 heterocycles. The van der Waals surface area contributed by atoms with E-state index < -0.39 is 11.7 Å².